The van der Waals surface area contributed by atoms with Crippen LogP contribution in [-0.4, -0.2) is 33.8 Å². The molecule has 1 aromatic rings. The molecule has 1 heterocycles. The lowest BCUT2D eigenvalue weighted by Gasteiger charge is -2.13. The third-order valence-electron chi connectivity index (χ3n) is 2.99. The summed E-state index contributed by atoms with van der Waals surface area (Å²) in [6.07, 6.45) is 5.93. The van der Waals surface area contributed by atoms with Gasteiger partial charge in [0.05, 0.1) is 11.3 Å². The quantitative estimate of drug-likeness (QED) is 0.541. The van der Waals surface area contributed by atoms with Crippen molar-refractivity contribution in [2.24, 2.45) is 0 Å². The third kappa shape index (κ3) is 6.62. The van der Waals surface area contributed by atoms with E-state index in [0.29, 0.717) is 5.03 Å². The number of carboxylic acids is 1. The van der Waals surface area contributed by atoms with E-state index in [-0.39, 0.29) is 23.3 Å². The third-order valence-corrected chi connectivity index (χ3v) is 3.99. The van der Waals surface area contributed by atoms with Crippen LogP contribution in [0.15, 0.2) is 23.4 Å². The van der Waals surface area contributed by atoms with E-state index in [2.05, 4.69) is 17.2 Å². The summed E-state index contributed by atoms with van der Waals surface area (Å²) in [7, 11) is 0. The molecule has 1 unspecified atom stereocenters. The highest BCUT2D eigenvalue weighted by atomic mass is 32.2. The predicted molar refractivity (Wildman–Crippen MR) is 83.7 cm³/mol. The number of nitrogens with zero attached hydrogens (tertiary/aromatic N) is 1. The SMILES string of the molecule is CCCCCC(C)NC(=O)CSc1ncccc1C(=O)O. The topological polar surface area (TPSA) is 79.3 Å². The number of carbonyl (C=O) groups is 2. The van der Waals surface area contributed by atoms with E-state index in [1.165, 1.54) is 18.7 Å². The van der Waals surface area contributed by atoms with E-state index in [9.17, 15) is 9.59 Å². The number of pyridine rings is 1. The number of aromatic carboxylic acids is 1. The van der Waals surface area contributed by atoms with Crippen molar-refractivity contribution in [2.75, 3.05) is 5.75 Å². The molecule has 0 aliphatic rings. The van der Waals surface area contributed by atoms with Gasteiger partial charge in [-0.1, -0.05) is 37.9 Å². The molecule has 0 bridgehead atoms. The van der Waals surface area contributed by atoms with Crippen LogP contribution in [0.3, 0.4) is 0 Å². The van der Waals surface area contributed by atoms with E-state index < -0.39 is 5.97 Å². The Labute approximate surface area is 129 Å². The Kier molecular flexibility index (Phi) is 7.82. The van der Waals surface area contributed by atoms with Crippen molar-refractivity contribution in [2.45, 2.75) is 50.6 Å². The number of rotatable bonds is 9. The fraction of sp³-hybridized carbons (Fsp3) is 0.533. The number of carbonyl (C=O) groups excluding carboxylic acids is 1. The van der Waals surface area contributed by atoms with Gasteiger partial charge in [-0.25, -0.2) is 9.78 Å². The van der Waals surface area contributed by atoms with E-state index in [0.717, 1.165) is 31.0 Å². The fourth-order valence-corrected chi connectivity index (χ4v) is 2.69. The van der Waals surface area contributed by atoms with Crippen LogP contribution in [0, 0.1) is 0 Å². The molecule has 0 radical (unpaired) electrons. The number of amides is 1. The lowest BCUT2D eigenvalue weighted by atomic mass is 10.1. The standard InChI is InChI=1S/C15H22N2O3S/c1-3-4-5-7-11(2)17-13(18)10-21-14-12(15(19)20)8-6-9-16-14/h6,8-9,11H,3-5,7,10H2,1-2H3,(H,17,18)(H,19,20). The van der Waals surface area contributed by atoms with Crippen molar-refractivity contribution in [1.29, 1.82) is 0 Å². The van der Waals surface area contributed by atoms with E-state index in [4.69, 9.17) is 5.11 Å². The van der Waals surface area contributed by atoms with Crippen molar-refractivity contribution >= 4 is 23.6 Å². The number of hydrogen-bond donors (Lipinski definition) is 2. The zero-order valence-electron chi connectivity index (χ0n) is 12.5. The maximum atomic E-state index is 11.8. The largest absolute Gasteiger partial charge is 0.478 e. The number of aromatic nitrogens is 1. The molecule has 0 aliphatic heterocycles. The Morgan fingerprint density at radius 1 is 1.43 bits per heavy atom. The summed E-state index contributed by atoms with van der Waals surface area (Å²) >= 11 is 1.15. The Morgan fingerprint density at radius 2 is 2.19 bits per heavy atom. The zero-order chi connectivity index (χ0) is 15.7. The number of thioether (sulfide) groups is 1. The minimum absolute atomic E-state index is 0.0917. The van der Waals surface area contributed by atoms with Crippen LogP contribution < -0.4 is 5.32 Å². The molecule has 21 heavy (non-hydrogen) atoms. The molecule has 0 saturated heterocycles. The molecule has 0 saturated carbocycles. The molecule has 6 heteroatoms. The van der Waals surface area contributed by atoms with Crippen molar-refractivity contribution in [1.82, 2.24) is 10.3 Å². The summed E-state index contributed by atoms with van der Waals surface area (Å²) in [5.74, 6) is -0.944. The van der Waals surface area contributed by atoms with Crippen molar-refractivity contribution in [3.63, 3.8) is 0 Å². The smallest absolute Gasteiger partial charge is 0.338 e. The van der Waals surface area contributed by atoms with Gasteiger partial charge >= 0.3 is 5.97 Å². The number of unbranched alkanes of at least 4 members (excludes halogenated alkanes) is 2. The van der Waals surface area contributed by atoms with Gasteiger partial charge in [0.1, 0.15) is 5.03 Å². The average molecular weight is 310 g/mol. The molecule has 5 nitrogen and oxygen atoms in total. The minimum Gasteiger partial charge on any atom is -0.478 e. The van der Waals surface area contributed by atoms with Gasteiger partial charge in [-0.3, -0.25) is 4.79 Å². The van der Waals surface area contributed by atoms with Gasteiger partial charge in [-0.15, -0.1) is 0 Å². The van der Waals surface area contributed by atoms with Gasteiger partial charge in [0, 0.05) is 12.2 Å². The van der Waals surface area contributed by atoms with Gasteiger partial charge in [-0.05, 0) is 25.5 Å². The molecule has 0 spiro atoms. The molecule has 0 aromatic carbocycles. The van der Waals surface area contributed by atoms with E-state index in [1.807, 2.05) is 6.92 Å². The second-order valence-electron chi connectivity index (χ2n) is 4.91. The van der Waals surface area contributed by atoms with Crippen LogP contribution in [0.25, 0.3) is 0 Å². The molecule has 1 atom stereocenters. The molecule has 1 amide bonds. The fourth-order valence-electron chi connectivity index (χ4n) is 1.89. The highest BCUT2D eigenvalue weighted by molar-refractivity contribution is 8.00. The molecule has 0 fully saturated rings. The van der Waals surface area contributed by atoms with Crippen molar-refractivity contribution in [3.8, 4) is 0 Å². The van der Waals surface area contributed by atoms with Crippen LogP contribution in [0.2, 0.25) is 0 Å². The Hall–Kier alpha value is -1.56. The van der Waals surface area contributed by atoms with Gasteiger partial charge < -0.3 is 10.4 Å². The highest BCUT2D eigenvalue weighted by Crippen LogP contribution is 2.19. The number of hydrogen-bond acceptors (Lipinski definition) is 4. The maximum Gasteiger partial charge on any atom is 0.338 e. The Balaban J connectivity index is 2.41. The molecule has 116 valence electrons. The molecular formula is C15H22N2O3S. The van der Waals surface area contributed by atoms with Gasteiger partial charge in [0.2, 0.25) is 5.91 Å². The summed E-state index contributed by atoms with van der Waals surface area (Å²) in [5, 5.41) is 12.3. The number of nitrogens with one attached hydrogen (secondary N) is 1. The van der Waals surface area contributed by atoms with Crippen LogP contribution in [0.1, 0.15) is 49.9 Å². The first-order valence-electron chi connectivity index (χ1n) is 7.15. The van der Waals surface area contributed by atoms with Gasteiger partial charge in [0.25, 0.3) is 0 Å². The summed E-state index contributed by atoms with van der Waals surface area (Å²) in [5.41, 5.74) is 0.131. The summed E-state index contributed by atoms with van der Waals surface area (Å²) in [6, 6.07) is 3.21. The molecule has 1 rings (SSSR count). The zero-order valence-corrected chi connectivity index (χ0v) is 13.3. The summed E-state index contributed by atoms with van der Waals surface area (Å²) in [4.78, 5) is 26.9. The van der Waals surface area contributed by atoms with Crippen LogP contribution in [0.4, 0.5) is 0 Å². The maximum absolute atomic E-state index is 11.8. The highest BCUT2D eigenvalue weighted by Gasteiger charge is 2.13. The molecule has 2 N–H and O–H groups in total. The van der Waals surface area contributed by atoms with Gasteiger partial charge in [-0.2, -0.15) is 0 Å². The first-order chi connectivity index (χ1) is 10.0. The molecule has 0 aliphatic carbocycles. The van der Waals surface area contributed by atoms with Crippen LogP contribution in [-0.2, 0) is 4.79 Å². The summed E-state index contributed by atoms with van der Waals surface area (Å²) < 4.78 is 0. The minimum atomic E-state index is -1.03. The Bertz CT molecular complexity index is 480. The van der Waals surface area contributed by atoms with E-state index >= 15 is 0 Å². The normalized spacial score (nSPS) is 11.9. The predicted octanol–water partition coefficient (Wildman–Crippen LogP) is 2.96. The van der Waals surface area contributed by atoms with Crippen LogP contribution >= 0.6 is 11.8 Å². The lowest BCUT2D eigenvalue weighted by molar-refractivity contribution is -0.119. The number of carboxylic acid groups (broad SMARTS) is 1. The van der Waals surface area contributed by atoms with E-state index in [1.54, 1.807) is 6.07 Å². The van der Waals surface area contributed by atoms with Gasteiger partial charge in [0.15, 0.2) is 0 Å². The lowest BCUT2D eigenvalue weighted by Crippen LogP contribution is -2.33. The summed E-state index contributed by atoms with van der Waals surface area (Å²) in [6.45, 7) is 4.13. The first kappa shape index (κ1) is 17.5. The first-order valence-corrected chi connectivity index (χ1v) is 8.13. The van der Waals surface area contributed by atoms with Crippen molar-refractivity contribution in [3.05, 3.63) is 23.9 Å². The van der Waals surface area contributed by atoms with Crippen molar-refractivity contribution < 1.29 is 14.7 Å². The second kappa shape index (κ2) is 9.39. The molecule has 1 aromatic heterocycles. The monoisotopic (exact) mass is 310 g/mol. The second-order valence-corrected chi connectivity index (χ2v) is 5.88. The Morgan fingerprint density at radius 3 is 2.86 bits per heavy atom. The molecular weight excluding hydrogens is 288 g/mol. The van der Waals surface area contributed by atoms with Crippen LogP contribution in [0.5, 0.6) is 0 Å². The average Bonchev–Trinajstić information content (AvgIpc) is 2.45.